The molecule has 1 saturated carbocycles. The second kappa shape index (κ2) is 7.87. The molecule has 0 N–H and O–H groups in total. The number of hydrogen-bond acceptors (Lipinski definition) is 4. The topological polar surface area (TPSA) is 42.7 Å². The number of nitrogens with zero attached hydrogens (tertiary/aromatic N) is 4. The molecule has 2 fully saturated rings. The van der Waals surface area contributed by atoms with Gasteiger partial charge in [-0.1, -0.05) is 6.08 Å². The largest absolute Gasteiger partial charge is 0.388 e. The van der Waals surface area contributed by atoms with E-state index in [-0.39, 0.29) is 0 Å². The Hall–Kier alpha value is -1.40. The van der Waals surface area contributed by atoms with Crippen LogP contribution in [0.25, 0.3) is 5.52 Å². The van der Waals surface area contributed by atoms with Crippen LogP contribution in [0.1, 0.15) is 44.1 Å². The van der Waals surface area contributed by atoms with Crippen LogP contribution in [0.5, 0.6) is 0 Å². The van der Waals surface area contributed by atoms with Gasteiger partial charge in [0.15, 0.2) is 5.82 Å². The van der Waals surface area contributed by atoms with E-state index in [1.54, 1.807) is 20.5 Å². The average molecular weight is 407 g/mol. The summed E-state index contributed by atoms with van der Waals surface area (Å²) in [5.41, 5.74) is 2.60. The zero-order valence-electron chi connectivity index (χ0n) is 15.3. The lowest BCUT2D eigenvalue weighted by atomic mass is 9.91. The second-order valence-electron chi connectivity index (χ2n) is 7.01. The molecular formula is C19H27BrN4O. The number of aromatic nitrogens is 3. The molecule has 1 aliphatic heterocycles. The molecule has 25 heavy (non-hydrogen) atoms. The van der Waals surface area contributed by atoms with Gasteiger partial charge in [-0.25, -0.2) is 9.50 Å². The monoisotopic (exact) mass is 406 g/mol. The van der Waals surface area contributed by atoms with E-state index >= 15 is 0 Å². The third-order valence-corrected chi connectivity index (χ3v) is 5.63. The van der Waals surface area contributed by atoms with Gasteiger partial charge in [0, 0.05) is 26.8 Å². The summed E-state index contributed by atoms with van der Waals surface area (Å²) in [6, 6.07) is 2.71. The van der Waals surface area contributed by atoms with E-state index < -0.39 is 0 Å². The molecule has 1 saturated heterocycles. The zero-order chi connectivity index (χ0) is 18.0. The molecule has 2 aromatic heterocycles. The maximum absolute atomic E-state index is 4.66. The number of ether oxygens (including phenoxy) is 1. The highest BCUT2D eigenvalue weighted by atomic mass is 79.9. The van der Waals surface area contributed by atoms with E-state index in [1.807, 2.05) is 4.52 Å². The molecule has 0 amide bonds. The van der Waals surface area contributed by atoms with Crippen molar-refractivity contribution < 1.29 is 4.74 Å². The Morgan fingerprint density at radius 2 is 2.04 bits per heavy atom. The number of methoxy groups -OCH3 is 1. The number of piperidine rings is 1. The summed E-state index contributed by atoms with van der Waals surface area (Å²) in [6.45, 7) is 7.29. The highest BCUT2D eigenvalue weighted by Gasteiger charge is 2.32. The van der Waals surface area contributed by atoms with Gasteiger partial charge in [-0.15, -0.1) is 6.58 Å². The molecule has 2 unspecified atom stereocenters. The number of hydrogen-bond donors (Lipinski definition) is 0. The van der Waals surface area contributed by atoms with Crippen LogP contribution in [0.4, 0.5) is 5.82 Å². The third kappa shape index (κ3) is 3.75. The highest BCUT2D eigenvalue weighted by Crippen LogP contribution is 2.45. The van der Waals surface area contributed by atoms with Crippen LogP contribution in [0.3, 0.4) is 0 Å². The van der Waals surface area contributed by atoms with Crippen molar-refractivity contribution in [2.24, 2.45) is 5.92 Å². The zero-order valence-corrected chi connectivity index (χ0v) is 16.9. The first-order chi connectivity index (χ1) is 12.1. The van der Waals surface area contributed by atoms with Crippen LogP contribution in [0.15, 0.2) is 29.7 Å². The smallest absolute Gasteiger partial charge is 0.157 e. The summed E-state index contributed by atoms with van der Waals surface area (Å²) >= 11 is 3.65. The number of allylic oxidation sites excluding steroid dienone is 1. The van der Waals surface area contributed by atoms with Gasteiger partial charge in [-0.2, -0.15) is 5.10 Å². The van der Waals surface area contributed by atoms with E-state index in [2.05, 4.69) is 61.3 Å². The van der Waals surface area contributed by atoms with Gasteiger partial charge in [0.05, 0.1) is 0 Å². The SMILES string of the molecule is C=CC1CCN(c2ncnn3c(Br)cc(C4CC4)c23)C(C)C1.COC. The van der Waals surface area contributed by atoms with Crippen molar-refractivity contribution in [3.05, 3.63) is 35.2 Å². The average Bonchev–Trinajstić information content (AvgIpc) is 3.39. The molecule has 136 valence electrons. The summed E-state index contributed by atoms with van der Waals surface area (Å²) in [5, 5.41) is 4.44. The summed E-state index contributed by atoms with van der Waals surface area (Å²) in [6.07, 6.45) is 8.66. The summed E-state index contributed by atoms with van der Waals surface area (Å²) in [5.74, 6) is 2.41. The Labute approximate surface area is 158 Å². The fourth-order valence-corrected chi connectivity index (χ4v) is 4.19. The van der Waals surface area contributed by atoms with Crippen LogP contribution >= 0.6 is 15.9 Å². The predicted molar refractivity (Wildman–Crippen MR) is 105 cm³/mol. The molecule has 0 bridgehead atoms. The van der Waals surface area contributed by atoms with Gasteiger partial charge in [0.1, 0.15) is 16.4 Å². The van der Waals surface area contributed by atoms with Gasteiger partial charge in [-0.05, 0) is 72.0 Å². The number of anilines is 1. The van der Waals surface area contributed by atoms with E-state index in [0.29, 0.717) is 17.9 Å². The van der Waals surface area contributed by atoms with Crippen LogP contribution in [0, 0.1) is 5.92 Å². The normalized spacial score (nSPS) is 23.3. The van der Waals surface area contributed by atoms with Crippen molar-refractivity contribution in [2.45, 2.75) is 44.6 Å². The van der Waals surface area contributed by atoms with E-state index in [1.165, 1.54) is 23.9 Å². The van der Waals surface area contributed by atoms with Crippen LogP contribution in [-0.4, -0.2) is 41.4 Å². The van der Waals surface area contributed by atoms with Gasteiger partial charge >= 0.3 is 0 Å². The lowest BCUT2D eigenvalue weighted by Gasteiger charge is -2.37. The van der Waals surface area contributed by atoms with Crippen molar-refractivity contribution >= 4 is 27.3 Å². The molecule has 2 aliphatic rings. The molecule has 3 heterocycles. The molecule has 5 nitrogen and oxygen atoms in total. The van der Waals surface area contributed by atoms with Crippen molar-refractivity contribution in [3.8, 4) is 0 Å². The maximum atomic E-state index is 4.66. The Bertz CT molecular complexity index is 740. The molecule has 1 aliphatic carbocycles. The summed E-state index contributed by atoms with van der Waals surface area (Å²) in [7, 11) is 3.25. The van der Waals surface area contributed by atoms with Gasteiger partial charge < -0.3 is 9.64 Å². The molecular weight excluding hydrogens is 380 g/mol. The Morgan fingerprint density at radius 3 is 2.64 bits per heavy atom. The van der Waals surface area contributed by atoms with Crippen LogP contribution in [0.2, 0.25) is 0 Å². The van der Waals surface area contributed by atoms with Gasteiger partial charge in [0.25, 0.3) is 0 Å². The third-order valence-electron chi connectivity index (χ3n) is 5.06. The minimum Gasteiger partial charge on any atom is -0.388 e. The van der Waals surface area contributed by atoms with E-state index in [9.17, 15) is 0 Å². The Morgan fingerprint density at radius 1 is 1.32 bits per heavy atom. The summed E-state index contributed by atoms with van der Waals surface area (Å²) in [4.78, 5) is 7.12. The van der Waals surface area contributed by atoms with E-state index in [4.69, 9.17) is 0 Å². The van der Waals surface area contributed by atoms with E-state index in [0.717, 1.165) is 29.8 Å². The van der Waals surface area contributed by atoms with Crippen molar-refractivity contribution in [3.63, 3.8) is 0 Å². The summed E-state index contributed by atoms with van der Waals surface area (Å²) < 4.78 is 7.28. The van der Waals surface area contributed by atoms with Crippen LogP contribution in [-0.2, 0) is 4.74 Å². The molecule has 6 heteroatoms. The van der Waals surface area contributed by atoms with Crippen molar-refractivity contribution in [1.29, 1.82) is 0 Å². The number of rotatable bonds is 3. The standard InChI is InChI=1S/C17H21BrN4.C2H6O/c1-3-12-6-7-21(11(2)8-12)17-16-14(13-4-5-13)9-15(18)22(16)20-10-19-17;1-3-2/h3,9-13H,1,4-8H2,2H3;1-2H3. The fourth-order valence-electron chi connectivity index (χ4n) is 3.67. The van der Waals surface area contributed by atoms with Crippen LogP contribution < -0.4 is 4.90 Å². The van der Waals surface area contributed by atoms with Crippen molar-refractivity contribution in [1.82, 2.24) is 14.6 Å². The number of fused-ring (bicyclic) bond motifs is 1. The van der Waals surface area contributed by atoms with Gasteiger partial charge in [-0.3, -0.25) is 0 Å². The van der Waals surface area contributed by atoms with Gasteiger partial charge in [0.2, 0.25) is 0 Å². The first kappa shape index (κ1) is 18.4. The highest BCUT2D eigenvalue weighted by molar-refractivity contribution is 9.10. The first-order valence-corrected chi connectivity index (χ1v) is 9.71. The lowest BCUT2D eigenvalue weighted by molar-refractivity contribution is 0.277. The predicted octanol–water partition coefficient (Wildman–Crippen LogP) is 4.42. The minimum atomic E-state index is 0.483. The second-order valence-corrected chi connectivity index (χ2v) is 7.82. The number of halogens is 1. The minimum absolute atomic E-state index is 0.483. The molecule has 0 radical (unpaired) electrons. The molecule has 0 aromatic carbocycles. The Balaban J connectivity index is 0.000000569. The Kier molecular flexibility index (Phi) is 5.79. The first-order valence-electron chi connectivity index (χ1n) is 8.92. The lowest BCUT2D eigenvalue weighted by Crippen LogP contribution is -2.41. The molecule has 2 atom stereocenters. The molecule has 2 aromatic rings. The fraction of sp³-hybridized carbons (Fsp3) is 0.579. The van der Waals surface area contributed by atoms with Crippen molar-refractivity contribution in [2.75, 3.05) is 25.7 Å². The maximum Gasteiger partial charge on any atom is 0.157 e. The molecule has 4 rings (SSSR count). The quantitative estimate of drug-likeness (QED) is 0.707. The molecule has 0 spiro atoms.